The molecule has 1 heterocycles. The van der Waals surface area contributed by atoms with Gasteiger partial charge in [0.2, 0.25) is 10.0 Å². The fourth-order valence-corrected chi connectivity index (χ4v) is 4.44. The van der Waals surface area contributed by atoms with Gasteiger partial charge in [0.1, 0.15) is 0 Å². The number of sulfonamides is 1. The first-order valence-electron chi connectivity index (χ1n) is 8.65. The Labute approximate surface area is 158 Å². The Balaban J connectivity index is 1.93. The highest BCUT2D eigenvalue weighted by Crippen LogP contribution is 2.22. The third-order valence-electron chi connectivity index (χ3n) is 4.30. The van der Waals surface area contributed by atoms with Crippen molar-refractivity contribution < 1.29 is 13.5 Å². The van der Waals surface area contributed by atoms with E-state index < -0.39 is 16.1 Å². The number of hydrogen-bond acceptors (Lipinski definition) is 5. The number of aromatic nitrogens is 1. The van der Waals surface area contributed by atoms with E-state index in [2.05, 4.69) is 10.3 Å². The standard InChI is InChI=1S/C19H24N4O3S/c1-21-11-17(24)13-23(27(25,26)18-8-6-15(20)7-9-18)12-16-10-14-4-2-3-5-19(14)22-16/h2-10,17,21-22,24H,11-13,20H2,1H3. The van der Waals surface area contributed by atoms with Crippen LogP contribution in [-0.2, 0) is 16.6 Å². The Kier molecular flexibility index (Phi) is 5.81. The Morgan fingerprint density at radius 2 is 1.89 bits per heavy atom. The van der Waals surface area contributed by atoms with E-state index in [1.165, 1.54) is 16.4 Å². The van der Waals surface area contributed by atoms with Crippen LogP contribution in [0.2, 0.25) is 0 Å². The van der Waals surface area contributed by atoms with Gasteiger partial charge in [-0.3, -0.25) is 0 Å². The maximum absolute atomic E-state index is 13.1. The molecular formula is C19H24N4O3S. The quantitative estimate of drug-likeness (QED) is 0.437. The maximum atomic E-state index is 13.1. The van der Waals surface area contributed by atoms with E-state index in [0.29, 0.717) is 12.2 Å². The van der Waals surface area contributed by atoms with Crippen molar-refractivity contribution in [2.45, 2.75) is 17.5 Å². The molecule has 0 fully saturated rings. The Bertz CT molecular complexity index is 966. The highest BCUT2D eigenvalue weighted by Gasteiger charge is 2.27. The van der Waals surface area contributed by atoms with E-state index in [1.54, 1.807) is 19.2 Å². The third-order valence-corrected chi connectivity index (χ3v) is 6.13. The molecule has 0 saturated heterocycles. The minimum atomic E-state index is -3.80. The number of benzene rings is 2. The number of H-pyrrole nitrogens is 1. The van der Waals surface area contributed by atoms with E-state index in [9.17, 15) is 13.5 Å². The fourth-order valence-electron chi connectivity index (χ4n) is 2.98. The van der Waals surface area contributed by atoms with Crippen LogP contribution >= 0.6 is 0 Å². The van der Waals surface area contributed by atoms with Crippen LogP contribution in [0.3, 0.4) is 0 Å². The van der Waals surface area contributed by atoms with E-state index in [4.69, 9.17) is 5.73 Å². The summed E-state index contributed by atoms with van der Waals surface area (Å²) in [7, 11) is -2.09. The number of anilines is 1. The van der Waals surface area contributed by atoms with Gasteiger partial charge in [-0.2, -0.15) is 4.31 Å². The summed E-state index contributed by atoms with van der Waals surface area (Å²) in [4.78, 5) is 3.38. The monoisotopic (exact) mass is 388 g/mol. The first-order chi connectivity index (χ1) is 12.9. The molecular weight excluding hydrogens is 364 g/mol. The Morgan fingerprint density at radius 3 is 2.56 bits per heavy atom. The number of nitrogen functional groups attached to an aromatic ring is 1. The lowest BCUT2D eigenvalue weighted by Gasteiger charge is -2.24. The van der Waals surface area contributed by atoms with Crippen molar-refractivity contribution in [1.29, 1.82) is 0 Å². The molecule has 3 rings (SSSR count). The van der Waals surface area contributed by atoms with Crippen LogP contribution in [0.4, 0.5) is 5.69 Å². The summed E-state index contributed by atoms with van der Waals surface area (Å²) >= 11 is 0. The molecule has 1 atom stereocenters. The largest absolute Gasteiger partial charge is 0.399 e. The smallest absolute Gasteiger partial charge is 0.243 e. The molecule has 8 heteroatoms. The molecule has 2 aromatic carbocycles. The van der Waals surface area contributed by atoms with E-state index in [-0.39, 0.29) is 18.0 Å². The van der Waals surface area contributed by atoms with Crippen LogP contribution in [0.25, 0.3) is 10.9 Å². The number of likely N-dealkylation sites (N-methyl/N-ethyl adjacent to an activating group) is 1. The second-order valence-corrected chi connectivity index (χ2v) is 8.40. The zero-order chi connectivity index (χ0) is 19.4. The lowest BCUT2D eigenvalue weighted by atomic mass is 10.2. The van der Waals surface area contributed by atoms with Crippen LogP contribution in [0.15, 0.2) is 59.5 Å². The molecule has 0 aliphatic carbocycles. The predicted octanol–water partition coefficient (Wildman–Crippen LogP) is 1.52. The Hall–Kier alpha value is -2.39. The number of aromatic amines is 1. The highest BCUT2D eigenvalue weighted by molar-refractivity contribution is 7.89. The highest BCUT2D eigenvalue weighted by atomic mass is 32.2. The van der Waals surface area contributed by atoms with Crippen LogP contribution < -0.4 is 11.1 Å². The lowest BCUT2D eigenvalue weighted by molar-refractivity contribution is 0.143. The van der Waals surface area contributed by atoms with Gasteiger partial charge >= 0.3 is 0 Å². The first-order valence-corrected chi connectivity index (χ1v) is 10.1. The maximum Gasteiger partial charge on any atom is 0.243 e. The number of para-hydroxylation sites is 1. The van der Waals surface area contributed by atoms with Gasteiger partial charge in [0.25, 0.3) is 0 Å². The summed E-state index contributed by atoms with van der Waals surface area (Å²) in [5.41, 5.74) is 7.86. The molecule has 0 amide bonds. The van der Waals surface area contributed by atoms with Crippen LogP contribution in [-0.4, -0.2) is 49.1 Å². The van der Waals surface area contributed by atoms with Gasteiger partial charge in [0, 0.05) is 30.0 Å². The molecule has 0 aliphatic rings. The van der Waals surface area contributed by atoms with E-state index in [1.807, 2.05) is 30.3 Å². The number of nitrogens with one attached hydrogen (secondary N) is 2. The number of rotatable bonds is 8. The average Bonchev–Trinajstić information content (AvgIpc) is 3.04. The lowest BCUT2D eigenvalue weighted by Crippen LogP contribution is -2.40. The van der Waals surface area contributed by atoms with Gasteiger partial charge < -0.3 is 21.1 Å². The molecule has 5 N–H and O–H groups in total. The molecule has 1 aromatic heterocycles. The zero-order valence-corrected chi connectivity index (χ0v) is 15.9. The van der Waals surface area contributed by atoms with Crippen LogP contribution in [0.5, 0.6) is 0 Å². The number of fused-ring (bicyclic) bond motifs is 1. The van der Waals surface area contributed by atoms with Gasteiger partial charge in [-0.15, -0.1) is 0 Å². The van der Waals surface area contributed by atoms with Crippen molar-refractivity contribution in [1.82, 2.24) is 14.6 Å². The molecule has 0 bridgehead atoms. The topological polar surface area (TPSA) is 111 Å². The molecule has 27 heavy (non-hydrogen) atoms. The summed E-state index contributed by atoms with van der Waals surface area (Å²) < 4.78 is 27.6. The summed E-state index contributed by atoms with van der Waals surface area (Å²) in [5.74, 6) is 0. The van der Waals surface area contributed by atoms with E-state index >= 15 is 0 Å². The summed E-state index contributed by atoms with van der Waals surface area (Å²) in [6.07, 6.45) is -0.831. The molecule has 0 saturated carbocycles. The van der Waals surface area contributed by atoms with Crippen molar-refractivity contribution in [3.8, 4) is 0 Å². The fraction of sp³-hybridized carbons (Fsp3) is 0.263. The van der Waals surface area contributed by atoms with Crippen LogP contribution in [0.1, 0.15) is 5.69 Å². The van der Waals surface area contributed by atoms with Crippen molar-refractivity contribution in [3.05, 3.63) is 60.3 Å². The van der Waals surface area contributed by atoms with Crippen molar-refractivity contribution in [2.24, 2.45) is 0 Å². The van der Waals surface area contributed by atoms with Crippen LogP contribution in [0, 0.1) is 0 Å². The molecule has 1 unspecified atom stereocenters. The van der Waals surface area contributed by atoms with Crippen molar-refractivity contribution >= 4 is 26.6 Å². The van der Waals surface area contributed by atoms with Crippen molar-refractivity contribution in [2.75, 3.05) is 25.9 Å². The SMILES string of the molecule is CNCC(O)CN(Cc1cc2ccccc2[nH]1)S(=O)(=O)c1ccc(N)cc1. The first kappa shape index (κ1) is 19.4. The second kappa shape index (κ2) is 8.10. The zero-order valence-electron chi connectivity index (χ0n) is 15.1. The number of hydrogen-bond donors (Lipinski definition) is 4. The molecule has 7 nitrogen and oxygen atoms in total. The molecule has 0 radical (unpaired) electrons. The summed E-state index contributed by atoms with van der Waals surface area (Å²) in [6, 6.07) is 15.7. The summed E-state index contributed by atoms with van der Waals surface area (Å²) in [5, 5.41) is 14.1. The number of aliphatic hydroxyl groups is 1. The number of aliphatic hydroxyl groups excluding tert-OH is 1. The normalized spacial score (nSPS) is 13.3. The molecule has 0 aliphatic heterocycles. The molecule has 3 aromatic rings. The minimum absolute atomic E-state index is 0.0249. The summed E-state index contributed by atoms with van der Waals surface area (Å²) in [6.45, 7) is 0.394. The van der Waals surface area contributed by atoms with Crippen molar-refractivity contribution in [3.63, 3.8) is 0 Å². The minimum Gasteiger partial charge on any atom is -0.399 e. The van der Waals surface area contributed by atoms with E-state index in [0.717, 1.165) is 16.6 Å². The second-order valence-electron chi connectivity index (χ2n) is 6.46. The molecule has 0 spiro atoms. The van der Waals surface area contributed by atoms with Gasteiger partial charge in [-0.05, 0) is 48.8 Å². The van der Waals surface area contributed by atoms with Gasteiger partial charge in [-0.25, -0.2) is 8.42 Å². The van der Waals surface area contributed by atoms with Gasteiger partial charge in [0.05, 0.1) is 17.5 Å². The average molecular weight is 388 g/mol. The predicted molar refractivity (Wildman–Crippen MR) is 107 cm³/mol. The third kappa shape index (κ3) is 4.48. The van der Waals surface area contributed by atoms with Gasteiger partial charge in [0.15, 0.2) is 0 Å². The number of nitrogens with zero attached hydrogens (tertiary/aromatic N) is 1. The van der Waals surface area contributed by atoms with Gasteiger partial charge in [-0.1, -0.05) is 18.2 Å². The molecule has 144 valence electrons. The number of nitrogens with two attached hydrogens (primary N) is 1. The Morgan fingerprint density at radius 1 is 1.19 bits per heavy atom.